The van der Waals surface area contributed by atoms with Crippen LogP contribution in [0.4, 0.5) is 0 Å². The number of amides is 1. The minimum Gasteiger partial charge on any atom is -0.339 e. The molecule has 0 aromatic rings. The first-order valence-electron chi connectivity index (χ1n) is 5.92. The van der Waals surface area contributed by atoms with Crippen LogP contribution in [0, 0.1) is 17.2 Å². The van der Waals surface area contributed by atoms with Gasteiger partial charge in [0.1, 0.15) is 0 Å². The average Bonchev–Trinajstić information content (AvgIpc) is 2.25. The fourth-order valence-electron chi connectivity index (χ4n) is 1.52. The fraction of sp³-hybridized carbons (Fsp3) is 0.833. The monoisotopic (exact) mass is 225 g/mol. The van der Waals surface area contributed by atoms with Gasteiger partial charge in [-0.1, -0.05) is 13.8 Å². The molecule has 0 rings (SSSR count). The highest BCUT2D eigenvalue weighted by Crippen LogP contribution is 2.07. The summed E-state index contributed by atoms with van der Waals surface area (Å²) in [5, 5.41) is 11.7. The zero-order chi connectivity index (χ0) is 12.6. The van der Waals surface area contributed by atoms with Crippen molar-refractivity contribution in [2.75, 3.05) is 19.6 Å². The van der Waals surface area contributed by atoms with E-state index in [1.807, 2.05) is 27.7 Å². The van der Waals surface area contributed by atoms with Gasteiger partial charge >= 0.3 is 0 Å². The van der Waals surface area contributed by atoms with Crippen molar-refractivity contribution < 1.29 is 4.79 Å². The van der Waals surface area contributed by atoms with E-state index in [4.69, 9.17) is 5.26 Å². The molecular weight excluding hydrogens is 202 g/mol. The van der Waals surface area contributed by atoms with Crippen LogP contribution >= 0.6 is 0 Å². The quantitative estimate of drug-likeness (QED) is 0.712. The Labute approximate surface area is 98.6 Å². The Kier molecular flexibility index (Phi) is 7.57. The molecular formula is C12H23N3O. The summed E-state index contributed by atoms with van der Waals surface area (Å²) in [4.78, 5) is 13.9. The average molecular weight is 225 g/mol. The highest BCUT2D eigenvalue weighted by atomic mass is 16.2. The first-order chi connectivity index (χ1) is 7.54. The van der Waals surface area contributed by atoms with Crippen LogP contribution in [0.3, 0.4) is 0 Å². The topological polar surface area (TPSA) is 56.1 Å². The standard InChI is InChI=1S/C12H23N3O/c1-5-14-9-11(4)12(16)15(10(2)3)8-6-7-13/h10-11,14H,5-6,8-9H2,1-4H3. The van der Waals surface area contributed by atoms with Gasteiger partial charge in [-0.05, 0) is 20.4 Å². The molecule has 0 saturated carbocycles. The van der Waals surface area contributed by atoms with E-state index in [1.54, 1.807) is 4.90 Å². The molecule has 0 heterocycles. The molecule has 0 aromatic carbocycles. The third-order valence-electron chi connectivity index (χ3n) is 2.49. The lowest BCUT2D eigenvalue weighted by molar-refractivity contribution is -0.136. The second-order valence-electron chi connectivity index (χ2n) is 4.24. The van der Waals surface area contributed by atoms with Crippen molar-refractivity contribution in [2.24, 2.45) is 5.92 Å². The number of nitriles is 1. The van der Waals surface area contributed by atoms with Crippen LogP contribution in [0.25, 0.3) is 0 Å². The van der Waals surface area contributed by atoms with Crippen LogP contribution in [-0.2, 0) is 4.79 Å². The lowest BCUT2D eigenvalue weighted by Crippen LogP contribution is -2.43. The Morgan fingerprint density at radius 2 is 2.06 bits per heavy atom. The zero-order valence-corrected chi connectivity index (χ0v) is 10.8. The SMILES string of the molecule is CCNCC(C)C(=O)N(CCC#N)C(C)C. The van der Waals surface area contributed by atoms with E-state index in [9.17, 15) is 4.79 Å². The molecule has 1 unspecified atom stereocenters. The van der Waals surface area contributed by atoms with Gasteiger partial charge in [0.2, 0.25) is 5.91 Å². The molecule has 0 aromatic heterocycles. The minimum absolute atomic E-state index is 0.0268. The van der Waals surface area contributed by atoms with Gasteiger partial charge in [-0.15, -0.1) is 0 Å². The van der Waals surface area contributed by atoms with Crippen LogP contribution in [0.5, 0.6) is 0 Å². The molecule has 0 fully saturated rings. The number of rotatable bonds is 7. The molecule has 0 aliphatic rings. The maximum Gasteiger partial charge on any atom is 0.226 e. The molecule has 4 heteroatoms. The molecule has 16 heavy (non-hydrogen) atoms. The second kappa shape index (κ2) is 8.12. The van der Waals surface area contributed by atoms with Crippen molar-refractivity contribution in [1.82, 2.24) is 10.2 Å². The smallest absolute Gasteiger partial charge is 0.226 e. The molecule has 1 amide bonds. The number of carbonyl (C=O) groups excluding carboxylic acids is 1. The van der Waals surface area contributed by atoms with Crippen molar-refractivity contribution in [3.05, 3.63) is 0 Å². The van der Waals surface area contributed by atoms with Gasteiger partial charge in [-0.2, -0.15) is 5.26 Å². The Balaban J connectivity index is 4.31. The molecule has 0 radical (unpaired) electrons. The summed E-state index contributed by atoms with van der Waals surface area (Å²) < 4.78 is 0. The van der Waals surface area contributed by atoms with Crippen molar-refractivity contribution in [1.29, 1.82) is 5.26 Å². The summed E-state index contributed by atoms with van der Waals surface area (Å²) in [7, 11) is 0. The summed E-state index contributed by atoms with van der Waals surface area (Å²) in [6, 6.07) is 2.24. The van der Waals surface area contributed by atoms with Crippen LogP contribution in [0.15, 0.2) is 0 Å². The molecule has 92 valence electrons. The fourth-order valence-corrected chi connectivity index (χ4v) is 1.52. The summed E-state index contributed by atoms with van der Waals surface area (Å²) in [5.41, 5.74) is 0. The first-order valence-corrected chi connectivity index (χ1v) is 5.92. The van der Waals surface area contributed by atoms with E-state index in [0.717, 1.165) is 6.54 Å². The molecule has 1 atom stereocenters. The molecule has 1 N–H and O–H groups in total. The van der Waals surface area contributed by atoms with Crippen LogP contribution in [0.1, 0.15) is 34.1 Å². The maximum absolute atomic E-state index is 12.1. The van der Waals surface area contributed by atoms with E-state index in [2.05, 4.69) is 11.4 Å². The van der Waals surface area contributed by atoms with Crippen molar-refractivity contribution in [2.45, 2.75) is 40.2 Å². The van der Waals surface area contributed by atoms with E-state index in [1.165, 1.54) is 0 Å². The number of hydrogen-bond acceptors (Lipinski definition) is 3. The first kappa shape index (κ1) is 14.9. The molecule has 0 aliphatic heterocycles. The maximum atomic E-state index is 12.1. The Hall–Kier alpha value is -1.08. The molecule has 4 nitrogen and oxygen atoms in total. The van der Waals surface area contributed by atoms with Crippen molar-refractivity contribution in [3.63, 3.8) is 0 Å². The molecule has 0 saturated heterocycles. The van der Waals surface area contributed by atoms with Gasteiger partial charge in [0.25, 0.3) is 0 Å². The number of carbonyl (C=O) groups is 1. The van der Waals surface area contributed by atoms with Gasteiger partial charge < -0.3 is 10.2 Å². The van der Waals surface area contributed by atoms with Crippen LogP contribution in [-0.4, -0.2) is 36.5 Å². The molecule has 0 aliphatic carbocycles. The Bertz CT molecular complexity index is 245. The van der Waals surface area contributed by atoms with Gasteiger partial charge in [-0.3, -0.25) is 4.79 Å². The second-order valence-corrected chi connectivity index (χ2v) is 4.24. The Morgan fingerprint density at radius 1 is 1.44 bits per heavy atom. The van der Waals surface area contributed by atoms with E-state index in [-0.39, 0.29) is 17.9 Å². The van der Waals surface area contributed by atoms with E-state index >= 15 is 0 Å². The van der Waals surface area contributed by atoms with Gasteiger partial charge in [0.05, 0.1) is 12.5 Å². The third-order valence-corrected chi connectivity index (χ3v) is 2.49. The number of nitrogens with zero attached hydrogens (tertiary/aromatic N) is 2. The van der Waals surface area contributed by atoms with Gasteiger partial charge in [-0.25, -0.2) is 0 Å². The summed E-state index contributed by atoms with van der Waals surface area (Å²) in [5.74, 6) is 0.104. The number of hydrogen-bond donors (Lipinski definition) is 1. The van der Waals surface area contributed by atoms with Gasteiger partial charge in [0, 0.05) is 25.0 Å². The summed E-state index contributed by atoms with van der Waals surface area (Å²) in [6.45, 7) is 10.0. The zero-order valence-electron chi connectivity index (χ0n) is 10.8. The predicted molar refractivity (Wildman–Crippen MR) is 64.8 cm³/mol. The van der Waals surface area contributed by atoms with E-state index < -0.39 is 0 Å². The highest BCUT2D eigenvalue weighted by molar-refractivity contribution is 5.79. The van der Waals surface area contributed by atoms with E-state index in [0.29, 0.717) is 19.5 Å². The minimum atomic E-state index is -0.0268. The van der Waals surface area contributed by atoms with Gasteiger partial charge in [0.15, 0.2) is 0 Å². The van der Waals surface area contributed by atoms with Crippen LogP contribution in [0.2, 0.25) is 0 Å². The Morgan fingerprint density at radius 3 is 2.50 bits per heavy atom. The van der Waals surface area contributed by atoms with Crippen molar-refractivity contribution in [3.8, 4) is 6.07 Å². The van der Waals surface area contributed by atoms with Crippen molar-refractivity contribution >= 4 is 5.91 Å². The lowest BCUT2D eigenvalue weighted by atomic mass is 10.1. The third kappa shape index (κ3) is 5.13. The summed E-state index contributed by atoms with van der Waals surface area (Å²) >= 11 is 0. The largest absolute Gasteiger partial charge is 0.339 e. The number of nitrogens with one attached hydrogen (secondary N) is 1. The van der Waals surface area contributed by atoms with Crippen LogP contribution < -0.4 is 5.32 Å². The predicted octanol–water partition coefficient (Wildman–Crippen LogP) is 1.38. The molecule has 0 spiro atoms. The highest BCUT2D eigenvalue weighted by Gasteiger charge is 2.21. The normalized spacial score (nSPS) is 12.2. The summed E-state index contributed by atoms with van der Waals surface area (Å²) in [6.07, 6.45) is 0.401. The lowest BCUT2D eigenvalue weighted by Gasteiger charge is -2.28. The molecule has 0 bridgehead atoms.